The van der Waals surface area contributed by atoms with E-state index < -0.39 is 12.8 Å². The standard InChI is InChI=1S/C15H21F3N2O/c1-14(2)7-3-4-11(8-14)20-12-5-6-13(19-9-12)21-10-15(16,17)18/h5-6,9,11,20H,3-4,7-8,10H2,1-2H3. The van der Waals surface area contributed by atoms with Gasteiger partial charge in [-0.3, -0.25) is 0 Å². The van der Waals surface area contributed by atoms with Crippen LogP contribution in [0.1, 0.15) is 39.5 Å². The van der Waals surface area contributed by atoms with Gasteiger partial charge in [0, 0.05) is 12.1 Å². The minimum Gasteiger partial charge on any atom is -0.468 e. The zero-order valence-electron chi connectivity index (χ0n) is 12.3. The lowest BCUT2D eigenvalue weighted by atomic mass is 9.75. The molecule has 1 aromatic heterocycles. The fourth-order valence-electron chi connectivity index (χ4n) is 2.76. The number of ether oxygens (including phenoxy) is 1. The Balaban J connectivity index is 1.87. The second kappa shape index (κ2) is 6.12. The molecule has 0 amide bonds. The van der Waals surface area contributed by atoms with E-state index >= 15 is 0 Å². The molecule has 1 fully saturated rings. The Bertz CT molecular complexity index is 457. The van der Waals surface area contributed by atoms with Crippen LogP contribution >= 0.6 is 0 Å². The van der Waals surface area contributed by atoms with Gasteiger partial charge in [0.25, 0.3) is 0 Å². The van der Waals surface area contributed by atoms with Crippen LogP contribution < -0.4 is 10.1 Å². The molecular formula is C15H21F3N2O. The molecule has 0 aromatic carbocycles. The molecule has 1 atom stereocenters. The highest BCUT2D eigenvalue weighted by molar-refractivity contribution is 5.43. The lowest BCUT2D eigenvalue weighted by Crippen LogP contribution is -2.31. The highest BCUT2D eigenvalue weighted by Gasteiger charge is 2.29. The average Bonchev–Trinajstić information content (AvgIpc) is 2.36. The Morgan fingerprint density at radius 1 is 1.38 bits per heavy atom. The van der Waals surface area contributed by atoms with E-state index in [1.54, 1.807) is 6.07 Å². The number of rotatable bonds is 4. The van der Waals surface area contributed by atoms with E-state index in [0.717, 1.165) is 18.5 Å². The number of pyridine rings is 1. The van der Waals surface area contributed by atoms with Gasteiger partial charge in [-0.15, -0.1) is 0 Å². The molecule has 0 saturated heterocycles. The Morgan fingerprint density at radius 2 is 2.14 bits per heavy atom. The minimum absolute atomic E-state index is 0.0122. The number of hydrogen-bond donors (Lipinski definition) is 1. The highest BCUT2D eigenvalue weighted by atomic mass is 19.4. The van der Waals surface area contributed by atoms with Crippen molar-refractivity contribution < 1.29 is 17.9 Å². The van der Waals surface area contributed by atoms with Crippen LogP contribution in [0.15, 0.2) is 18.3 Å². The first kappa shape index (κ1) is 15.9. The second-order valence-corrected chi connectivity index (χ2v) is 6.39. The lowest BCUT2D eigenvalue weighted by Gasteiger charge is -2.36. The zero-order chi connectivity index (χ0) is 15.5. The molecule has 1 heterocycles. The Kier molecular flexibility index (Phi) is 4.64. The van der Waals surface area contributed by atoms with Gasteiger partial charge < -0.3 is 10.1 Å². The molecule has 1 saturated carbocycles. The molecule has 6 heteroatoms. The van der Waals surface area contributed by atoms with Crippen LogP contribution in [0, 0.1) is 5.41 Å². The van der Waals surface area contributed by atoms with E-state index in [9.17, 15) is 13.2 Å². The molecule has 0 spiro atoms. The van der Waals surface area contributed by atoms with Crippen molar-refractivity contribution in [3.05, 3.63) is 18.3 Å². The number of alkyl halides is 3. The summed E-state index contributed by atoms with van der Waals surface area (Å²) in [5, 5.41) is 3.40. The third-order valence-electron chi connectivity index (χ3n) is 3.70. The fourth-order valence-corrected chi connectivity index (χ4v) is 2.76. The SMILES string of the molecule is CC1(C)CCCC(Nc2ccc(OCC(F)(F)F)nc2)C1. The normalized spacial score (nSPS) is 21.9. The maximum Gasteiger partial charge on any atom is 0.422 e. The molecule has 1 aliphatic rings. The zero-order valence-corrected chi connectivity index (χ0v) is 12.3. The van der Waals surface area contributed by atoms with Crippen LogP contribution in [0.3, 0.4) is 0 Å². The average molecular weight is 302 g/mol. The summed E-state index contributed by atoms with van der Waals surface area (Å²) in [4.78, 5) is 3.90. The number of nitrogens with zero attached hydrogens (tertiary/aromatic N) is 1. The number of aromatic nitrogens is 1. The van der Waals surface area contributed by atoms with Crippen LogP contribution in [0.2, 0.25) is 0 Å². The van der Waals surface area contributed by atoms with Gasteiger partial charge in [-0.1, -0.05) is 20.3 Å². The van der Waals surface area contributed by atoms with Crippen molar-refractivity contribution in [2.24, 2.45) is 5.41 Å². The van der Waals surface area contributed by atoms with E-state index in [1.807, 2.05) is 0 Å². The van der Waals surface area contributed by atoms with Crippen LogP contribution in [0.25, 0.3) is 0 Å². The first-order valence-electron chi connectivity index (χ1n) is 7.16. The molecule has 0 aliphatic heterocycles. The van der Waals surface area contributed by atoms with Crippen molar-refractivity contribution in [1.29, 1.82) is 0 Å². The van der Waals surface area contributed by atoms with Crippen molar-refractivity contribution in [3.63, 3.8) is 0 Å². The van der Waals surface area contributed by atoms with Crippen molar-refractivity contribution in [2.45, 2.75) is 51.7 Å². The van der Waals surface area contributed by atoms with Gasteiger partial charge in [0.15, 0.2) is 6.61 Å². The lowest BCUT2D eigenvalue weighted by molar-refractivity contribution is -0.154. The summed E-state index contributed by atoms with van der Waals surface area (Å²) in [6.45, 7) is 3.20. The molecule has 1 aromatic rings. The summed E-state index contributed by atoms with van der Waals surface area (Å²) in [6, 6.07) is 3.56. The minimum atomic E-state index is -4.34. The summed E-state index contributed by atoms with van der Waals surface area (Å²) >= 11 is 0. The van der Waals surface area contributed by atoms with Gasteiger partial charge in [0.05, 0.1) is 11.9 Å². The first-order valence-corrected chi connectivity index (χ1v) is 7.16. The molecule has 0 radical (unpaired) electrons. The Morgan fingerprint density at radius 3 is 2.71 bits per heavy atom. The summed E-state index contributed by atoms with van der Waals surface area (Å²) < 4.78 is 40.7. The molecule has 1 aliphatic carbocycles. The van der Waals surface area contributed by atoms with E-state index in [2.05, 4.69) is 28.9 Å². The van der Waals surface area contributed by atoms with E-state index in [-0.39, 0.29) is 5.88 Å². The molecule has 1 N–H and O–H groups in total. The Hall–Kier alpha value is -1.46. The molecule has 0 bridgehead atoms. The largest absolute Gasteiger partial charge is 0.468 e. The number of halogens is 3. The van der Waals surface area contributed by atoms with Gasteiger partial charge in [0.1, 0.15) is 0 Å². The van der Waals surface area contributed by atoms with Gasteiger partial charge in [-0.25, -0.2) is 4.98 Å². The van der Waals surface area contributed by atoms with Crippen molar-refractivity contribution in [2.75, 3.05) is 11.9 Å². The Labute approximate surface area is 122 Å². The number of hydrogen-bond acceptors (Lipinski definition) is 3. The van der Waals surface area contributed by atoms with Crippen LogP contribution in [0.5, 0.6) is 5.88 Å². The molecular weight excluding hydrogens is 281 g/mol. The first-order chi connectivity index (χ1) is 9.73. The van der Waals surface area contributed by atoms with Crippen molar-refractivity contribution in [3.8, 4) is 5.88 Å². The van der Waals surface area contributed by atoms with Crippen LogP contribution in [0.4, 0.5) is 18.9 Å². The van der Waals surface area contributed by atoms with Crippen LogP contribution in [-0.4, -0.2) is 23.8 Å². The summed E-state index contributed by atoms with van der Waals surface area (Å²) in [6.07, 6.45) is 1.78. The monoisotopic (exact) mass is 302 g/mol. The number of nitrogens with one attached hydrogen (secondary N) is 1. The summed E-state index contributed by atoms with van der Waals surface area (Å²) in [7, 11) is 0. The number of anilines is 1. The molecule has 118 valence electrons. The molecule has 1 unspecified atom stereocenters. The van der Waals surface area contributed by atoms with E-state index in [1.165, 1.54) is 25.1 Å². The molecule has 3 nitrogen and oxygen atoms in total. The van der Waals surface area contributed by atoms with Gasteiger partial charge in [-0.2, -0.15) is 13.2 Å². The molecule has 21 heavy (non-hydrogen) atoms. The third-order valence-corrected chi connectivity index (χ3v) is 3.70. The van der Waals surface area contributed by atoms with Crippen LogP contribution in [-0.2, 0) is 0 Å². The predicted octanol–water partition coefficient (Wildman–Crippen LogP) is 4.40. The van der Waals surface area contributed by atoms with Crippen molar-refractivity contribution >= 4 is 5.69 Å². The van der Waals surface area contributed by atoms with Gasteiger partial charge >= 0.3 is 6.18 Å². The summed E-state index contributed by atoms with van der Waals surface area (Å²) in [5.41, 5.74) is 1.15. The molecule has 2 rings (SSSR count). The fraction of sp³-hybridized carbons (Fsp3) is 0.667. The maximum atomic E-state index is 12.0. The predicted molar refractivity (Wildman–Crippen MR) is 75.4 cm³/mol. The smallest absolute Gasteiger partial charge is 0.422 e. The maximum absolute atomic E-state index is 12.0. The second-order valence-electron chi connectivity index (χ2n) is 6.39. The third kappa shape index (κ3) is 5.44. The van der Waals surface area contributed by atoms with Gasteiger partial charge in [0.2, 0.25) is 5.88 Å². The van der Waals surface area contributed by atoms with E-state index in [0.29, 0.717) is 11.5 Å². The van der Waals surface area contributed by atoms with Crippen molar-refractivity contribution in [1.82, 2.24) is 4.98 Å². The topological polar surface area (TPSA) is 34.1 Å². The van der Waals surface area contributed by atoms with Gasteiger partial charge in [-0.05, 0) is 30.7 Å². The summed E-state index contributed by atoms with van der Waals surface area (Å²) in [5.74, 6) is -0.0122. The quantitative estimate of drug-likeness (QED) is 0.895. The highest BCUT2D eigenvalue weighted by Crippen LogP contribution is 2.36. The van der Waals surface area contributed by atoms with E-state index in [4.69, 9.17) is 0 Å².